The topological polar surface area (TPSA) is 66.0 Å². The summed E-state index contributed by atoms with van der Waals surface area (Å²) >= 11 is 0. The minimum Gasteiger partial charge on any atom is -0.477 e. The van der Waals surface area contributed by atoms with Gasteiger partial charge in [-0.3, -0.25) is 5.10 Å². The van der Waals surface area contributed by atoms with Gasteiger partial charge in [-0.15, -0.1) is 0 Å². The van der Waals surface area contributed by atoms with Crippen LogP contribution in [0.4, 0.5) is 13.2 Å². The summed E-state index contributed by atoms with van der Waals surface area (Å²) in [5, 5.41) is 14.8. The number of carboxylic acids is 1. The van der Waals surface area contributed by atoms with E-state index in [0.717, 1.165) is 6.07 Å². The largest absolute Gasteiger partial charge is 0.477 e. The predicted molar refractivity (Wildman–Crippen MR) is 60.7 cm³/mol. The third kappa shape index (κ3) is 2.31. The van der Waals surface area contributed by atoms with Gasteiger partial charge in [-0.05, 0) is 13.0 Å². The molecule has 0 spiro atoms. The number of hydrogen-bond donors (Lipinski definition) is 2. The van der Waals surface area contributed by atoms with E-state index in [1.807, 2.05) is 0 Å². The lowest BCUT2D eigenvalue weighted by atomic mass is 10.0. The second kappa shape index (κ2) is 4.42. The van der Waals surface area contributed by atoms with Gasteiger partial charge in [-0.25, -0.2) is 4.79 Å². The fourth-order valence-corrected chi connectivity index (χ4v) is 1.81. The van der Waals surface area contributed by atoms with E-state index in [1.54, 1.807) is 0 Å². The minimum atomic E-state index is -4.52. The summed E-state index contributed by atoms with van der Waals surface area (Å²) in [4.78, 5) is 10.9. The molecular weight excluding hydrogens is 261 g/mol. The first-order valence-corrected chi connectivity index (χ1v) is 5.27. The quantitative estimate of drug-likeness (QED) is 0.881. The van der Waals surface area contributed by atoms with Crippen LogP contribution in [0, 0.1) is 6.92 Å². The van der Waals surface area contributed by atoms with Crippen molar-refractivity contribution in [3.8, 4) is 11.3 Å². The SMILES string of the molecule is Cc1c(-c2ccccc2C(F)(F)F)n[nH]c1C(=O)O. The van der Waals surface area contributed by atoms with E-state index in [1.165, 1.54) is 25.1 Å². The fourth-order valence-electron chi connectivity index (χ4n) is 1.81. The fraction of sp³-hybridized carbons (Fsp3) is 0.167. The number of hydrogen-bond acceptors (Lipinski definition) is 2. The molecule has 0 aliphatic heterocycles. The first-order valence-electron chi connectivity index (χ1n) is 5.27. The van der Waals surface area contributed by atoms with Crippen LogP contribution in [0.5, 0.6) is 0 Å². The molecule has 2 rings (SSSR count). The third-order valence-electron chi connectivity index (χ3n) is 2.71. The van der Waals surface area contributed by atoms with Gasteiger partial charge in [0.1, 0.15) is 5.69 Å². The van der Waals surface area contributed by atoms with Crippen molar-refractivity contribution in [3.63, 3.8) is 0 Å². The average molecular weight is 270 g/mol. The molecule has 4 nitrogen and oxygen atoms in total. The van der Waals surface area contributed by atoms with Gasteiger partial charge in [0.05, 0.1) is 11.3 Å². The number of nitrogens with zero attached hydrogens (tertiary/aromatic N) is 1. The number of H-pyrrole nitrogens is 1. The van der Waals surface area contributed by atoms with Crippen LogP contribution in [0.1, 0.15) is 21.6 Å². The van der Waals surface area contributed by atoms with Gasteiger partial charge in [0.25, 0.3) is 0 Å². The van der Waals surface area contributed by atoms with E-state index in [4.69, 9.17) is 5.11 Å². The van der Waals surface area contributed by atoms with E-state index in [0.29, 0.717) is 0 Å². The Morgan fingerprint density at radius 1 is 1.32 bits per heavy atom. The van der Waals surface area contributed by atoms with Crippen molar-refractivity contribution in [2.75, 3.05) is 0 Å². The Bertz CT molecular complexity index is 632. The molecule has 1 heterocycles. The predicted octanol–water partition coefficient (Wildman–Crippen LogP) is 3.10. The number of aromatic nitrogens is 2. The molecule has 0 unspecified atom stereocenters. The highest BCUT2D eigenvalue weighted by molar-refractivity contribution is 5.89. The number of nitrogens with one attached hydrogen (secondary N) is 1. The molecule has 1 aromatic heterocycles. The van der Waals surface area contributed by atoms with Crippen molar-refractivity contribution in [2.45, 2.75) is 13.1 Å². The number of carboxylic acid groups (broad SMARTS) is 1. The molecule has 0 fully saturated rings. The molecular formula is C12H9F3N2O2. The van der Waals surface area contributed by atoms with E-state index in [2.05, 4.69) is 10.2 Å². The number of halogens is 3. The van der Waals surface area contributed by atoms with Crippen LogP contribution in [-0.2, 0) is 6.18 Å². The summed E-state index contributed by atoms with van der Waals surface area (Å²) in [6.07, 6.45) is -4.52. The Labute approximate surface area is 105 Å². The number of benzene rings is 1. The van der Waals surface area contributed by atoms with Gasteiger partial charge in [0.2, 0.25) is 0 Å². The normalized spacial score (nSPS) is 11.6. The molecule has 19 heavy (non-hydrogen) atoms. The molecule has 2 N–H and O–H groups in total. The molecule has 0 aliphatic carbocycles. The molecule has 1 aromatic carbocycles. The Kier molecular flexibility index (Phi) is 3.05. The van der Waals surface area contributed by atoms with Crippen molar-refractivity contribution < 1.29 is 23.1 Å². The van der Waals surface area contributed by atoms with Crippen molar-refractivity contribution >= 4 is 5.97 Å². The van der Waals surface area contributed by atoms with Gasteiger partial charge in [0, 0.05) is 11.1 Å². The van der Waals surface area contributed by atoms with Crippen LogP contribution in [0.15, 0.2) is 24.3 Å². The Balaban J connectivity index is 2.64. The first kappa shape index (κ1) is 13.1. The maximum atomic E-state index is 12.9. The Hall–Kier alpha value is -2.31. The van der Waals surface area contributed by atoms with E-state index < -0.39 is 17.7 Å². The van der Waals surface area contributed by atoms with Gasteiger partial charge in [-0.1, -0.05) is 18.2 Å². The lowest BCUT2D eigenvalue weighted by Crippen LogP contribution is -2.07. The number of aromatic carboxylic acids is 1. The zero-order chi connectivity index (χ0) is 14.2. The van der Waals surface area contributed by atoms with Crippen molar-refractivity contribution in [3.05, 3.63) is 41.1 Å². The molecule has 100 valence electrons. The zero-order valence-corrected chi connectivity index (χ0v) is 9.75. The Morgan fingerprint density at radius 2 is 1.95 bits per heavy atom. The minimum absolute atomic E-state index is 0.00896. The number of carbonyl (C=O) groups is 1. The first-order chi connectivity index (χ1) is 8.82. The molecule has 0 saturated carbocycles. The number of rotatable bonds is 2. The molecule has 0 aliphatic rings. The van der Waals surface area contributed by atoms with E-state index in [-0.39, 0.29) is 22.5 Å². The van der Waals surface area contributed by atoms with E-state index >= 15 is 0 Å². The van der Waals surface area contributed by atoms with Crippen molar-refractivity contribution in [2.24, 2.45) is 0 Å². The summed E-state index contributed by atoms with van der Waals surface area (Å²) in [5.74, 6) is -1.26. The number of alkyl halides is 3. The third-order valence-corrected chi connectivity index (χ3v) is 2.71. The van der Waals surface area contributed by atoms with Gasteiger partial charge >= 0.3 is 12.1 Å². The highest BCUT2D eigenvalue weighted by Crippen LogP contribution is 2.37. The maximum Gasteiger partial charge on any atom is 0.417 e. The maximum absolute atomic E-state index is 12.9. The molecule has 0 saturated heterocycles. The standard InChI is InChI=1S/C12H9F3N2O2/c1-6-9(16-17-10(6)11(18)19)7-4-2-3-5-8(7)12(13,14)15/h2-5H,1H3,(H,16,17)(H,18,19). The van der Waals surface area contributed by atoms with Gasteiger partial charge in [0.15, 0.2) is 0 Å². The van der Waals surface area contributed by atoms with E-state index in [9.17, 15) is 18.0 Å². The van der Waals surface area contributed by atoms with Crippen LogP contribution < -0.4 is 0 Å². The lowest BCUT2D eigenvalue weighted by Gasteiger charge is -2.11. The average Bonchev–Trinajstić information content (AvgIpc) is 2.70. The highest BCUT2D eigenvalue weighted by Gasteiger charge is 2.34. The summed E-state index contributed by atoms with van der Waals surface area (Å²) < 4.78 is 38.6. The summed E-state index contributed by atoms with van der Waals surface area (Å²) in [7, 11) is 0. The molecule has 0 amide bonds. The van der Waals surface area contributed by atoms with Crippen LogP contribution >= 0.6 is 0 Å². The zero-order valence-electron chi connectivity index (χ0n) is 9.75. The molecule has 2 aromatic rings. The molecule has 0 bridgehead atoms. The number of aromatic amines is 1. The smallest absolute Gasteiger partial charge is 0.417 e. The van der Waals surface area contributed by atoms with Crippen LogP contribution in [0.25, 0.3) is 11.3 Å². The van der Waals surface area contributed by atoms with Crippen molar-refractivity contribution in [1.29, 1.82) is 0 Å². The molecule has 0 radical (unpaired) electrons. The second-order valence-electron chi connectivity index (χ2n) is 3.92. The van der Waals surface area contributed by atoms with Crippen molar-refractivity contribution in [1.82, 2.24) is 10.2 Å². The van der Waals surface area contributed by atoms with Crippen LogP contribution in [0.3, 0.4) is 0 Å². The lowest BCUT2D eigenvalue weighted by molar-refractivity contribution is -0.137. The second-order valence-corrected chi connectivity index (χ2v) is 3.92. The van der Waals surface area contributed by atoms with Crippen LogP contribution in [0.2, 0.25) is 0 Å². The van der Waals surface area contributed by atoms with Crippen LogP contribution in [-0.4, -0.2) is 21.3 Å². The van der Waals surface area contributed by atoms with Gasteiger partial charge in [-0.2, -0.15) is 18.3 Å². The summed E-state index contributed by atoms with van der Waals surface area (Å²) in [5.41, 5.74) is -1.04. The summed E-state index contributed by atoms with van der Waals surface area (Å²) in [6, 6.07) is 4.91. The molecule has 7 heteroatoms. The highest BCUT2D eigenvalue weighted by atomic mass is 19.4. The van der Waals surface area contributed by atoms with Gasteiger partial charge < -0.3 is 5.11 Å². The summed E-state index contributed by atoms with van der Waals surface area (Å²) in [6.45, 7) is 1.41. The Morgan fingerprint density at radius 3 is 2.47 bits per heavy atom. The monoisotopic (exact) mass is 270 g/mol. The molecule has 0 atom stereocenters.